The van der Waals surface area contributed by atoms with E-state index in [-0.39, 0.29) is 11.4 Å². The van der Waals surface area contributed by atoms with E-state index in [1.54, 1.807) is 0 Å². The quantitative estimate of drug-likeness (QED) is 0.873. The third kappa shape index (κ3) is 3.15. The molecule has 0 unspecified atom stereocenters. The van der Waals surface area contributed by atoms with E-state index in [4.69, 9.17) is 0 Å². The van der Waals surface area contributed by atoms with Crippen molar-refractivity contribution in [2.75, 3.05) is 20.1 Å². The molecule has 0 bridgehead atoms. The minimum atomic E-state index is -0.132. The van der Waals surface area contributed by atoms with Crippen molar-refractivity contribution in [3.63, 3.8) is 0 Å². The van der Waals surface area contributed by atoms with Gasteiger partial charge in [0.2, 0.25) is 5.91 Å². The predicted molar refractivity (Wildman–Crippen MR) is 74.7 cm³/mol. The van der Waals surface area contributed by atoms with Gasteiger partial charge in [0.1, 0.15) is 0 Å². The van der Waals surface area contributed by atoms with Crippen LogP contribution in [-0.2, 0) is 16.9 Å². The van der Waals surface area contributed by atoms with Crippen LogP contribution in [0.3, 0.4) is 0 Å². The first-order valence-corrected chi connectivity index (χ1v) is 7.02. The summed E-state index contributed by atoms with van der Waals surface area (Å²) in [6.45, 7) is 6.79. The minimum Gasteiger partial charge on any atom is -0.343 e. The van der Waals surface area contributed by atoms with Crippen LogP contribution in [0, 0.1) is 0 Å². The van der Waals surface area contributed by atoms with Crippen LogP contribution in [-0.4, -0.2) is 40.5 Å². The highest BCUT2D eigenvalue weighted by Gasteiger charge is 2.23. The highest BCUT2D eigenvalue weighted by atomic mass is 16.2. The van der Waals surface area contributed by atoms with E-state index in [1.165, 1.54) is 0 Å². The highest BCUT2D eigenvalue weighted by molar-refractivity contribution is 5.76. The Labute approximate surface area is 115 Å². The number of aryl methyl sites for hydroxylation is 1. The molecule has 5 heteroatoms. The molecular formula is C14H24N4O. The number of hydrogen-bond donors (Lipinski definition) is 1. The largest absolute Gasteiger partial charge is 0.343 e. The summed E-state index contributed by atoms with van der Waals surface area (Å²) in [5.41, 5.74) is 0.983. The Bertz CT molecular complexity index is 432. The summed E-state index contributed by atoms with van der Waals surface area (Å²) < 4.78 is 2.07. The molecule has 0 spiro atoms. The lowest BCUT2D eigenvalue weighted by Crippen LogP contribution is -2.36. The summed E-state index contributed by atoms with van der Waals surface area (Å²) in [6.07, 6.45) is 6.54. The van der Waals surface area contributed by atoms with Crippen molar-refractivity contribution < 1.29 is 4.79 Å². The fraction of sp³-hybridized carbons (Fsp3) is 0.714. The molecule has 0 radical (unpaired) electrons. The maximum Gasteiger partial charge on any atom is 0.224 e. The van der Waals surface area contributed by atoms with Crippen molar-refractivity contribution in [1.82, 2.24) is 19.8 Å². The summed E-state index contributed by atoms with van der Waals surface area (Å²) >= 11 is 0. The summed E-state index contributed by atoms with van der Waals surface area (Å²) in [5, 5.41) is 3.27. The first kappa shape index (κ1) is 14.1. The second-order valence-corrected chi connectivity index (χ2v) is 5.69. The fourth-order valence-corrected chi connectivity index (χ4v) is 2.49. The number of carbonyl (C=O) groups is 1. The van der Waals surface area contributed by atoms with Gasteiger partial charge in [0.15, 0.2) is 0 Å². The zero-order chi connectivity index (χ0) is 13.9. The van der Waals surface area contributed by atoms with Crippen molar-refractivity contribution in [2.24, 2.45) is 0 Å². The topological polar surface area (TPSA) is 50.2 Å². The van der Waals surface area contributed by atoms with Crippen molar-refractivity contribution in [3.05, 3.63) is 18.2 Å². The Balaban J connectivity index is 1.96. The lowest BCUT2D eigenvalue weighted by atomic mass is 10.0. The molecule has 1 amide bonds. The van der Waals surface area contributed by atoms with E-state index in [9.17, 15) is 4.79 Å². The number of nitrogens with zero attached hydrogens (tertiary/aromatic N) is 3. The summed E-state index contributed by atoms with van der Waals surface area (Å²) in [7, 11) is 1.94. The second-order valence-electron chi connectivity index (χ2n) is 5.69. The maximum atomic E-state index is 12.0. The Morgan fingerprint density at radius 2 is 2.11 bits per heavy atom. The van der Waals surface area contributed by atoms with Gasteiger partial charge in [0.05, 0.1) is 17.6 Å². The number of nitrogens with one attached hydrogen (secondary N) is 1. The van der Waals surface area contributed by atoms with Gasteiger partial charge in [0, 0.05) is 32.3 Å². The van der Waals surface area contributed by atoms with Crippen LogP contribution < -0.4 is 5.32 Å². The number of likely N-dealkylation sites (tertiary alicyclic amines) is 1. The van der Waals surface area contributed by atoms with Gasteiger partial charge in [-0.15, -0.1) is 0 Å². The van der Waals surface area contributed by atoms with Gasteiger partial charge >= 0.3 is 0 Å². The van der Waals surface area contributed by atoms with Gasteiger partial charge in [-0.2, -0.15) is 0 Å². The molecule has 1 aromatic rings. The molecule has 1 saturated heterocycles. The zero-order valence-electron chi connectivity index (χ0n) is 12.1. The monoisotopic (exact) mass is 264 g/mol. The van der Waals surface area contributed by atoms with E-state index in [0.717, 1.165) is 31.6 Å². The molecule has 0 aromatic carbocycles. The van der Waals surface area contributed by atoms with Crippen molar-refractivity contribution in [3.8, 4) is 0 Å². The molecule has 2 heterocycles. The standard InChI is InChI=1S/C14H24N4O/c1-14(2,15-3)12-10-16-11-18(12)9-6-13(19)17-7-4-5-8-17/h10-11,15H,4-9H2,1-3H3. The molecular weight excluding hydrogens is 240 g/mol. The van der Waals surface area contributed by atoms with Gasteiger partial charge < -0.3 is 14.8 Å². The van der Waals surface area contributed by atoms with Crippen molar-refractivity contribution in [2.45, 2.75) is 45.2 Å². The average Bonchev–Trinajstić information content (AvgIpc) is 3.06. The Hall–Kier alpha value is -1.36. The molecule has 5 nitrogen and oxygen atoms in total. The van der Waals surface area contributed by atoms with Gasteiger partial charge in [-0.1, -0.05) is 0 Å². The van der Waals surface area contributed by atoms with Crippen molar-refractivity contribution >= 4 is 5.91 Å². The van der Waals surface area contributed by atoms with Crippen LogP contribution in [0.2, 0.25) is 0 Å². The van der Waals surface area contributed by atoms with Crippen LogP contribution in [0.5, 0.6) is 0 Å². The van der Waals surface area contributed by atoms with Crippen LogP contribution in [0.25, 0.3) is 0 Å². The lowest BCUT2D eigenvalue weighted by molar-refractivity contribution is -0.130. The number of rotatable bonds is 5. The number of carbonyl (C=O) groups excluding carboxylic acids is 1. The first-order valence-electron chi connectivity index (χ1n) is 7.02. The number of hydrogen-bond acceptors (Lipinski definition) is 3. The van der Waals surface area contributed by atoms with Crippen LogP contribution in [0.1, 0.15) is 38.8 Å². The van der Waals surface area contributed by atoms with Gasteiger partial charge in [0.25, 0.3) is 0 Å². The van der Waals surface area contributed by atoms with Crippen LogP contribution in [0.4, 0.5) is 0 Å². The number of amides is 1. The molecule has 1 aliphatic heterocycles. The minimum absolute atomic E-state index is 0.132. The zero-order valence-corrected chi connectivity index (χ0v) is 12.1. The molecule has 19 heavy (non-hydrogen) atoms. The van der Waals surface area contributed by atoms with Gasteiger partial charge in [-0.05, 0) is 33.7 Å². The molecule has 0 aliphatic carbocycles. The Morgan fingerprint density at radius 3 is 2.74 bits per heavy atom. The third-order valence-corrected chi connectivity index (χ3v) is 4.00. The molecule has 1 aromatic heterocycles. The van der Waals surface area contributed by atoms with E-state index in [2.05, 4.69) is 28.7 Å². The van der Waals surface area contributed by atoms with Gasteiger partial charge in [-0.3, -0.25) is 4.79 Å². The summed E-state index contributed by atoms with van der Waals surface area (Å²) in [6, 6.07) is 0. The van der Waals surface area contributed by atoms with E-state index in [1.807, 2.05) is 24.5 Å². The number of aromatic nitrogens is 2. The Morgan fingerprint density at radius 1 is 1.42 bits per heavy atom. The van der Waals surface area contributed by atoms with E-state index < -0.39 is 0 Å². The smallest absolute Gasteiger partial charge is 0.224 e. The second kappa shape index (κ2) is 5.74. The van der Waals surface area contributed by atoms with Gasteiger partial charge in [-0.25, -0.2) is 4.98 Å². The third-order valence-electron chi connectivity index (χ3n) is 4.00. The van der Waals surface area contributed by atoms with E-state index in [0.29, 0.717) is 13.0 Å². The van der Waals surface area contributed by atoms with Crippen molar-refractivity contribution in [1.29, 1.82) is 0 Å². The van der Waals surface area contributed by atoms with Crippen LogP contribution in [0.15, 0.2) is 12.5 Å². The molecule has 1 aliphatic rings. The lowest BCUT2D eigenvalue weighted by Gasteiger charge is -2.25. The molecule has 0 saturated carbocycles. The molecule has 1 N–H and O–H groups in total. The predicted octanol–water partition coefficient (Wildman–Crippen LogP) is 1.35. The first-order chi connectivity index (χ1) is 9.04. The molecule has 106 valence electrons. The average molecular weight is 264 g/mol. The summed E-state index contributed by atoms with van der Waals surface area (Å²) in [5.74, 6) is 0.263. The molecule has 2 rings (SSSR count). The fourth-order valence-electron chi connectivity index (χ4n) is 2.49. The molecule has 0 atom stereocenters. The maximum absolute atomic E-state index is 12.0. The van der Waals surface area contributed by atoms with E-state index >= 15 is 0 Å². The highest BCUT2D eigenvalue weighted by Crippen LogP contribution is 2.19. The normalized spacial score (nSPS) is 16.1. The SMILES string of the molecule is CNC(C)(C)c1cncn1CCC(=O)N1CCCC1. The Kier molecular flexibility index (Phi) is 4.24. The molecule has 1 fully saturated rings. The number of imidazole rings is 1. The van der Waals surface area contributed by atoms with Crippen LogP contribution >= 0.6 is 0 Å². The summed E-state index contributed by atoms with van der Waals surface area (Å²) in [4.78, 5) is 18.2.